The van der Waals surface area contributed by atoms with Gasteiger partial charge in [0.25, 0.3) is 10.0 Å². The number of rotatable bonds is 5. The average molecular weight is 383 g/mol. The first kappa shape index (κ1) is 17.7. The van der Waals surface area contributed by atoms with Crippen LogP contribution < -0.4 is 10.0 Å². The third-order valence-corrected chi connectivity index (χ3v) is 5.69. The van der Waals surface area contributed by atoms with Crippen molar-refractivity contribution in [2.75, 3.05) is 10.0 Å². The Labute approximate surface area is 150 Å². The number of carbonyl (C=O) groups excluding carboxylic acids is 1. The lowest BCUT2D eigenvalue weighted by atomic mass is 10.2. The van der Waals surface area contributed by atoms with Crippen LogP contribution in [-0.4, -0.2) is 14.3 Å². The number of carbonyl (C=O) groups is 1. The summed E-state index contributed by atoms with van der Waals surface area (Å²) in [7, 11) is -4.15. The van der Waals surface area contributed by atoms with E-state index in [1.165, 1.54) is 30.3 Å². The van der Waals surface area contributed by atoms with E-state index in [1.807, 2.05) is 6.92 Å². The van der Waals surface area contributed by atoms with Crippen LogP contribution in [-0.2, 0) is 14.8 Å². The first-order valence-electron chi connectivity index (χ1n) is 7.65. The largest absolute Gasteiger partial charge is 0.324 e. The Morgan fingerprint density at radius 3 is 2.52 bits per heavy atom. The van der Waals surface area contributed by atoms with Crippen molar-refractivity contribution in [3.63, 3.8) is 0 Å². The zero-order chi connectivity index (χ0) is 18.2. The number of hydrogen-bond acceptors (Lipinski definition) is 3. The molecule has 1 aliphatic rings. The highest BCUT2D eigenvalue weighted by Gasteiger charge is 2.39. The molecule has 1 fully saturated rings. The molecule has 2 atom stereocenters. The topological polar surface area (TPSA) is 75.3 Å². The summed E-state index contributed by atoms with van der Waals surface area (Å²) in [5, 5.41) is 3.03. The minimum absolute atomic E-state index is 0.0880. The zero-order valence-electron chi connectivity index (χ0n) is 13.3. The Balaban J connectivity index is 1.89. The molecule has 0 aromatic heterocycles. The summed E-state index contributed by atoms with van der Waals surface area (Å²) in [4.78, 5) is 11.7. The van der Waals surface area contributed by atoms with Gasteiger partial charge in [0.15, 0.2) is 0 Å². The molecule has 0 radical (unpaired) electrons. The zero-order valence-corrected chi connectivity index (χ0v) is 14.9. The van der Waals surface area contributed by atoms with Gasteiger partial charge in [-0.3, -0.25) is 9.52 Å². The maximum absolute atomic E-state index is 13.8. The maximum Gasteiger partial charge on any atom is 0.264 e. The van der Waals surface area contributed by atoms with Gasteiger partial charge >= 0.3 is 0 Å². The van der Waals surface area contributed by atoms with Gasteiger partial charge in [0.2, 0.25) is 5.91 Å². The van der Waals surface area contributed by atoms with Gasteiger partial charge in [-0.05, 0) is 42.7 Å². The van der Waals surface area contributed by atoms with E-state index in [0.29, 0.717) is 10.9 Å². The number of halogens is 2. The second-order valence-electron chi connectivity index (χ2n) is 6.03. The molecule has 1 saturated carbocycles. The van der Waals surface area contributed by atoms with Crippen LogP contribution in [0.3, 0.4) is 0 Å². The highest BCUT2D eigenvalue weighted by Crippen LogP contribution is 2.39. The van der Waals surface area contributed by atoms with Gasteiger partial charge in [0.1, 0.15) is 10.7 Å². The van der Waals surface area contributed by atoms with Crippen molar-refractivity contribution in [3.05, 3.63) is 53.3 Å². The molecule has 132 valence electrons. The summed E-state index contributed by atoms with van der Waals surface area (Å²) in [5.41, 5.74) is 0.353. The maximum atomic E-state index is 13.8. The number of anilines is 2. The lowest BCUT2D eigenvalue weighted by Gasteiger charge is -2.14. The van der Waals surface area contributed by atoms with E-state index in [-0.39, 0.29) is 23.2 Å². The molecule has 3 rings (SSSR count). The van der Waals surface area contributed by atoms with Crippen molar-refractivity contribution in [2.24, 2.45) is 11.8 Å². The van der Waals surface area contributed by atoms with Gasteiger partial charge in [-0.15, -0.1) is 0 Å². The van der Waals surface area contributed by atoms with Crippen molar-refractivity contribution < 1.29 is 17.6 Å². The molecule has 0 heterocycles. The molecule has 0 bridgehead atoms. The lowest BCUT2D eigenvalue weighted by Crippen LogP contribution is -2.19. The van der Waals surface area contributed by atoms with Crippen molar-refractivity contribution >= 4 is 38.9 Å². The first-order valence-corrected chi connectivity index (χ1v) is 9.52. The monoisotopic (exact) mass is 382 g/mol. The van der Waals surface area contributed by atoms with Crippen LogP contribution in [0.15, 0.2) is 47.4 Å². The summed E-state index contributed by atoms with van der Waals surface area (Å²) in [6.45, 7) is 1.96. The number of sulfonamides is 1. The van der Waals surface area contributed by atoms with Crippen molar-refractivity contribution in [3.8, 4) is 0 Å². The summed E-state index contributed by atoms with van der Waals surface area (Å²) in [6.07, 6.45) is 0.794. The highest BCUT2D eigenvalue weighted by molar-refractivity contribution is 7.92. The molecule has 1 aliphatic carbocycles. The Morgan fingerprint density at radius 1 is 1.20 bits per heavy atom. The second kappa shape index (κ2) is 6.65. The fraction of sp³-hybridized carbons (Fsp3) is 0.235. The third kappa shape index (κ3) is 3.93. The van der Waals surface area contributed by atoms with E-state index < -0.39 is 20.7 Å². The molecule has 0 spiro atoms. The number of hydrogen-bond donors (Lipinski definition) is 2. The van der Waals surface area contributed by atoms with Crippen molar-refractivity contribution in [1.29, 1.82) is 0 Å². The third-order valence-electron chi connectivity index (χ3n) is 4.06. The van der Waals surface area contributed by atoms with Crippen LogP contribution in [0.2, 0.25) is 5.02 Å². The second-order valence-corrected chi connectivity index (χ2v) is 8.12. The van der Waals surface area contributed by atoms with Gasteiger partial charge in [0.05, 0.1) is 11.4 Å². The molecule has 2 unspecified atom stereocenters. The van der Waals surface area contributed by atoms with E-state index >= 15 is 0 Å². The number of benzene rings is 2. The predicted molar refractivity (Wildman–Crippen MR) is 94.6 cm³/mol. The summed E-state index contributed by atoms with van der Waals surface area (Å²) >= 11 is 5.95. The Morgan fingerprint density at radius 2 is 1.88 bits per heavy atom. The van der Waals surface area contributed by atoms with E-state index in [9.17, 15) is 17.6 Å². The predicted octanol–water partition coefficient (Wildman–Crippen LogP) is 3.87. The van der Waals surface area contributed by atoms with Gasteiger partial charge in [0, 0.05) is 10.9 Å². The summed E-state index contributed by atoms with van der Waals surface area (Å²) in [5.74, 6) is -0.838. The van der Waals surface area contributed by atoms with Gasteiger partial charge in [-0.25, -0.2) is 12.8 Å². The minimum Gasteiger partial charge on any atom is -0.324 e. The van der Waals surface area contributed by atoms with E-state index in [2.05, 4.69) is 10.0 Å². The quantitative estimate of drug-likeness (QED) is 0.824. The molecule has 25 heavy (non-hydrogen) atoms. The Kier molecular flexibility index (Phi) is 4.71. The average Bonchev–Trinajstić information content (AvgIpc) is 3.27. The Hall–Kier alpha value is -2.12. The number of nitrogens with one attached hydrogen (secondary N) is 2. The number of amides is 1. The molecular weight excluding hydrogens is 367 g/mol. The van der Waals surface area contributed by atoms with Crippen LogP contribution in [0, 0.1) is 17.7 Å². The van der Waals surface area contributed by atoms with Crippen molar-refractivity contribution in [2.45, 2.75) is 18.2 Å². The summed E-state index contributed by atoms with van der Waals surface area (Å²) < 4.78 is 41.0. The molecular formula is C17H16ClFN2O3S. The molecule has 2 N–H and O–H groups in total. The van der Waals surface area contributed by atoms with E-state index in [4.69, 9.17) is 11.6 Å². The molecule has 0 saturated heterocycles. The molecule has 2 aromatic carbocycles. The molecule has 5 nitrogen and oxygen atoms in total. The lowest BCUT2D eigenvalue weighted by molar-refractivity contribution is -0.117. The fourth-order valence-electron chi connectivity index (χ4n) is 2.48. The summed E-state index contributed by atoms with van der Waals surface area (Å²) in [6, 6.07) is 9.41. The Bertz CT molecular complexity index is 933. The van der Waals surface area contributed by atoms with Crippen LogP contribution >= 0.6 is 11.6 Å². The molecule has 1 amide bonds. The van der Waals surface area contributed by atoms with Crippen molar-refractivity contribution in [1.82, 2.24) is 0 Å². The molecule has 2 aromatic rings. The standard InChI is InChI=1S/C17H16ClFN2O3S/c1-10-8-12(10)17(22)20-15-9-11(18)6-7-14(15)21-25(23,24)16-5-3-2-4-13(16)19/h2-7,9-10,12,21H,8H2,1H3,(H,20,22). The van der Waals surface area contributed by atoms with Gasteiger partial charge in [-0.2, -0.15) is 0 Å². The fourth-order valence-corrected chi connectivity index (χ4v) is 3.82. The van der Waals surface area contributed by atoms with Gasteiger partial charge < -0.3 is 5.32 Å². The normalized spacial score (nSPS) is 19.3. The van der Waals surface area contributed by atoms with Crippen LogP contribution in [0.5, 0.6) is 0 Å². The molecule has 0 aliphatic heterocycles. The first-order chi connectivity index (χ1) is 11.8. The minimum atomic E-state index is -4.15. The SMILES string of the molecule is CC1CC1C(=O)Nc1cc(Cl)ccc1NS(=O)(=O)c1ccccc1F. The van der Waals surface area contributed by atoms with E-state index in [0.717, 1.165) is 18.6 Å². The van der Waals surface area contributed by atoms with Crippen LogP contribution in [0.25, 0.3) is 0 Å². The van der Waals surface area contributed by atoms with E-state index in [1.54, 1.807) is 0 Å². The van der Waals surface area contributed by atoms with Crippen LogP contribution in [0.1, 0.15) is 13.3 Å². The smallest absolute Gasteiger partial charge is 0.264 e. The highest BCUT2D eigenvalue weighted by atomic mass is 35.5. The van der Waals surface area contributed by atoms with Crippen LogP contribution in [0.4, 0.5) is 15.8 Å². The molecule has 8 heteroatoms. The van der Waals surface area contributed by atoms with Gasteiger partial charge in [-0.1, -0.05) is 30.7 Å².